The summed E-state index contributed by atoms with van der Waals surface area (Å²) in [7, 11) is 0. The average Bonchev–Trinajstić information content (AvgIpc) is 3.90. The molecule has 0 saturated carbocycles. The summed E-state index contributed by atoms with van der Waals surface area (Å²) in [6.45, 7) is 15.6. The first kappa shape index (κ1) is 36.7. The van der Waals surface area contributed by atoms with Gasteiger partial charge in [0.15, 0.2) is 6.33 Å². The van der Waals surface area contributed by atoms with Crippen LogP contribution in [0.3, 0.4) is 0 Å². The molecule has 7 heterocycles. The molecule has 0 unspecified atom stereocenters. The van der Waals surface area contributed by atoms with Crippen molar-refractivity contribution in [3.63, 3.8) is 0 Å². The van der Waals surface area contributed by atoms with E-state index in [9.17, 15) is 0 Å². The molecule has 9 aromatic rings. The van der Waals surface area contributed by atoms with E-state index in [2.05, 4.69) is 67.0 Å². The molecule has 0 saturated heterocycles. The molecule has 0 N–H and O–H groups in total. The largest absolute Gasteiger partial charge is 0.424 e. The second kappa shape index (κ2) is 14.5. The Balaban J connectivity index is 1.23. The zero-order valence-corrected chi connectivity index (χ0v) is 33.3. The number of aryl methyl sites for hydroxylation is 4. The summed E-state index contributed by atoms with van der Waals surface area (Å²) in [6, 6.07) is 31.7. The highest BCUT2D eigenvalue weighted by Gasteiger charge is 2.20. The topological polar surface area (TPSA) is 140 Å². The van der Waals surface area contributed by atoms with E-state index >= 15 is 0 Å². The van der Waals surface area contributed by atoms with Crippen LogP contribution in [0.25, 0.3) is 45.4 Å². The van der Waals surface area contributed by atoms with Crippen LogP contribution >= 0.6 is 0 Å². The Hall–Kier alpha value is -6.96. The van der Waals surface area contributed by atoms with Gasteiger partial charge in [-0.25, -0.2) is 18.3 Å². The van der Waals surface area contributed by atoms with Crippen LogP contribution in [0.4, 0.5) is 0 Å². The van der Waals surface area contributed by atoms with Gasteiger partial charge in [0.05, 0.1) is 13.1 Å². The zero-order chi connectivity index (χ0) is 40.0. The molecule has 2 aliphatic rings. The lowest BCUT2D eigenvalue weighted by Crippen LogP contribution is -2.32. The van der Waals surface area contributed by atoms with Gasteiger partial charge >= 0.3 is 29.5 Å². The number of nitrogens with zero attached hydrogens (tertiary/aromatic N) is 10. The Morgan fingerprint density at radius 3 is 1.60 bits per heavy atom. The van der Waals surface area contributed by atoms with E-state index in [1.165, 1.54) is 11.1 Å². The van der Waals surface area contributed by atoms with Crippen molar-refractivity contribution in [1.29, 1.82) is 0 Å². The van der Waals surface area contributed by atoms with E-state index in [0.717, 1.165) is 24.1 Å². The maximum Gasteiger partial charge on any atom is 0.394 e. The minimum Gasteiger partial charge on any atom is -0.424 e. The smallest absolute Gasteiger partial charge is 0.394 e. The van der Waals surface area contributed by atoms with Gasteiger partial charge < -0.3 is 18.3 Å². The summed E-state index contributed by atoms with van der Waals surface area (Å²) < 4.78 is 33.1. The molecule has 2 aliphatic heterocycles. The van der Waals surface area contributed by atoms with Gasteiger partial charge in [-0.3, -0.25) is 0 Å². The standard InChI is InChI=1S/C44H44N10O4/c1-43(2,3)29-7-15-33(16-8-29)55-39-45-37-47-41(49-39)57-35-19-11-31(12-20-35)51-23-24-52(27-51)32-13-21-36(22-14-32)58-42-48-38(54-26-25-53(37)28-54)46-40(50-42)56-34-17-9-30(10-18-34)44(4,5)6/h7-22,27-28H,23-26H2,1-6H3/q+2. The Bertz CT molecular complexity index is 2690. The minimum absolute atomic E-state index is 0.00387. The summed E-state index contributed by atoms with van der Waals surface area (Å²) in [5.74, 6) is 1.98. The molecular formula is C44H44N10O4+2. The molecule has 0 fully saturated rings. The van der Waals surface area contributed by atoms with Crippen LogP contribution in [0.1, 0.15) is 52.7 Å². The van der Waals surface area contributed by atoms with Gasteiger partial charge in [-0.15, -0.1) is 19.9 Å². The first-order chi connectivity index (χ1) is 27.9. The molecule has 12 bridgehead atoms. The van der Waals surface area contributed by atoms with Crippen LogP contribution in [0, 0.1) is 0 Å². The maximum absolute atomic E-state index is 6.26. The zero-order valence-electron chi connectivity index (χ0n) is 33.3. The highest BCUT2D eigenvalue weighted by molar-refractivity contribution is 5.56. The normalized spacial score (nSPS) is 13.1. The summed E-state index contributed by atoms with van der Waals surface area (Å²) in [5, 5.41) is 0. The van der Waals surface area contributed by atoms with Crippen LogP contribution in [0.15, 0.2) is 119 Å². The van der Waals surface area contributed by atoms with E-state index in [0.29, 0.717) is 47.3 Å². The van der Waals surface area contributed by atoms with Crippen LogP contribution in [0.5, 0.6) is 23.5 Å². The summed E-state index contributed by atoms with van der Waals surface area (Å²) >= 11 is 0. The molecule has 0 aliphatic carbocycles. The highest BCUT2D eigenvalue weighted by Crippen LogP contribution is 2.28. The molecule has 14 heteroatoms. The van der Waals surface area contributed by atoms with Crippen LogP contribution in [0.2, 0.25) is 0 Å². The summed E-state index contributed by atoms with van der Waals surface area (Å²) in [6.07, 6.45) is 3.92. The van der Waals surface area contributed by atoms with Crippen molar-refractivity contribution in [1.82, 2.24) is 39.0 Å². The van der Waals surface area contributed by atoms with Crippen molar-refractivity contribution in [3.8, 4) is 23.5 Å². The fourth-order valence-electron chi connectivity index (χ4n) is 6.67. The van der Waals surface area contributed by atoms with Crippen molar-refractivity contribution >= 4 is 45.4 Å². The Labute approximate surface area is 334 Å². The molecule has 0 amide bonds. The Morgan fingerprint density at radius 1 is 0.517 bits per heavy atom. The molecule has 14 nitrogen and oxygen atoms in total. The van der Waals surface area contributed by atoms with Crippen molar-refractivity contribution in [2.24, 2.45) is 0 Å². The third kappa shape index (κ3) is 7.99. The number of fused-ring (bicyclic) bond motifs is 2. The third-order valence-corrected chi connectivity index (χ3v) is 10.0. The third-order valence-electron chi connectivity index (χ3n) is 10.0. The second-order valence-electron chi connectivity index (χ2n) is 16.4. The summed E-state index contributed by atoms with van der Waals surface area (Å²) in [4.78, 5) is 28.0. The monoisotopic (exact) mass is 776 g/mol. The van der Waals surface area contributed by atoms with Gasteiger partial charge in [0, 0.05) is 0 Å². The predicted octanol–water partition coefficient (Wildman–Crippen LogP) is 8.18. The lowest BCUT2D eigenvalue weighted by Gasteiger charge is -2.18. The van der Waals surface area contributed by atoms with Crippen LogP contribution in [-0.4, -0.2) is 39.0 Å². The molecule has 5 aromatic heterocycles. The molecule has 0 radical (unpaired) electrons. The first-order valence-corrected chi connectivity index (χ1v) is 19.3. The highest BCUT2D eigenvalue weighted by atomic mass is 16.5. The van der Waals surface area contributed by atoms with Gasteiger partial charge in [0.2, 0.25) is 6.33 Å². The molecule has 0 spiro atoms. The van der Waals surface area contributed by atoms with Gasteiger partial charge in [0.25, 0.3) is 5.78 Å². The predicted molar refractivity (Wildman–Crippen MR) is 216 cm³/mol. The Morgan fingerprint density at radius 2 is 1.02 bits per heavy atom. The summed E-state index contributed by atoms with van der Waals surface area (Å²) in [5.41, 5.74) is 5.55. The number of rotatable bonds is 4. The molecule has 11 rings (SSSR count). The number of ether oxygens (including phenoxy) is 2. The van der Waals surface area contributed by atoms with E-state index in [1.807, 2.05) is 113 Å². The van der Waals surface area contributed by atoms with Gasteiger partial charge in [0.1, 0.15) is 46.8 Å². The lowest BCUT2D eigenvalue weighted by atomic mass is 9.87. The number of benzene rings is 4. The van der Waals surface area contributed by atoms with Gasteiger partial charge in [-0.1, -0.05) is 65.8 Å². The van der Waals surface area contributed by atoms with E-state index in [4.69, 9.17) is 38.2 Å². The molecule has 4 aromatic carbocycles. The quantitative estimate of drug-likeness (QED) is 0.161. The Kier molecular flexibility index (Phi) is 9.18. The number of hydrogen-bond acceptors (Lipinski definition) is 10. The SMILES string of the molecule is CC(C)(C)c1ccc(Oc2nc3nc(n2)n2c[n+](c4nc(Oc5ccc(C(C)(C)C)cc5)nc(n4)oc4ccc(cc4)[n+]4cn(c5ccc(cc5)o3)CC4)CC2)cc1. The average molecular weight is 777 g/mol. The van der Waals surface area contributed by atoms with Crippen molar-refractivity contribution < 1.29 is 27.4 Å². The van der Waals surface area contributed by atoms with Crippen molar-refractivity contribution in [3.05, 3.63) is 121 Å². The molecule has 0 atom stereocenters. The van der Waals surface area contributed by atoms with Crippen molar-refractivity contribution in [2.75, 3.05) is 0 Å². The van der Waals surface area contributed by atoms with Crippen molar-refractivity contribution in [2.45, 2.75) is 78.6 Å². The van der Waals surface area contributed by atoms with Gasteiger partial charge in [-0.2, -0.15) is 0 Å². The van der Waals surface area contributed by atoms with E-state index in [-0.39, 0.29) is 34.5 Å². The van der Waals surface area contributed by atoms with Crippen LogP contribution < -0.4 is 18.6 Å². The van der Waals surface area contributed by atoms with E-state index in [1.54, 1.807) is 0 Å². The lowest BCUT2D eigenvalue weighted by molar-refractivity contribution is -0.667. The van der Waals surface area contributed by atoms with Crippen LogP contribution in [-0.2, 0) is 37.0 Å². The van der Waals surface area contributed by atoms with Gasteiger partial charge in [-0.05, 0) is 105 Å². The second-order valence-corrected chi connectivity index (χ2v) is 16.4. The number of hydrogen-bond donors (Lipinski definition) is 0. The number of aromatic nitrogens is 10. The maximum atomic E-state index is 6.26. The fraction of sp³-hybridized carbons (Fsp3) is 0.273. The minimum atomic E-state index is -0.00387. The molecule has 58 heavy (non-hydrogen) atoms. The first-order valence-electron chi connectivity index (χ1n) is 19.3. The molecule has 292 valence electrons. The fourth-order valence-corrected chi connectivity index (χ4v) is 6.67. The molecular weight excluding hydrogens is 733 g/mol. The van der Waals surface area contributed by atoms with E-state index < -0.39 is 0 Å².